The van der Waals surface area contributed by atoms with Crippen LogP contribution in [0.25, 0.3) is 0 Å². The number of anilines is 2. The molecule has 0 saturated heterocycles. The Bertz CT molecular complexity index is 349. The number of nitrogens with zero attached hydrogens (tertiary/aromatic N) is 1. The van der Waals surface area contributed by atoms with Gasteiger partial charge in [0.1, 0.15) is 5.82 Å². The molecule has 0 aliphatic carbocycles. The fourth-order valence-corrected chi connectivity index (χ4v) is 1.28. The molecule has 17 heavy (non-hydrogen) atoms. The molecule has 0 bridgehead atoms. The molecule has 0 aliphatic rings. The SMILES string of the molecule is CCCC(=O)Nc1ccc(NCC(C)O)nc1. The minimum Gasteiger partial charge on any atom is -0.392 e. The van der Waals surface area contributed by atoms with Crippen LogP contribution in [-0.4, -0.2) is 28.6 Å². The molecule has 0 fully saturated rings. The quantitative estimate of drug-likeness (QED) is 0.702. The number of aliphatic hydroxyl groups excluding tert-OH is 1. The maximum absolute atomic E-state index is 11.3. The summed E-state index contributed by atoms with van der Waals surface area (Å²) in [5.41, 5.74) is 0.686. The summed E-state index contributed by atoms with van der Waals surface area (Å²) in [5, 5.41) is 14.8. The summed E-state index contributed by atoms with van der Waals surface area (Å²) < 4.78 is 0. The van der Waals surface area contributed by atoms with Crippen LogP contribution in [0, 0.1) is 0 Å². The number of carbonyl (C=O) groups is 1. The van der Waals surface area contributed by atoms with E-state index in [1.165, 1.54) is 0 Å². The second-order valence-corrected chi connectivity index (χ2v) is 3.96. The summed E-state index contributed by atoms with van der Waals surface area (Å²) in [5.74, 6) is 0.679. The Morgan fingerprint density at radius 1 is 1.53 bits per heavy atom. The van der Waals surface area contributed by atoms with Crippen molar-refractivity contribution in [2.75, 3.05) is 17.2 Å². The molecule has 0 spiro atoms. The largest absolute Gasteiger partial charge is 0.392 e. The Balaban J connectivity index is 2.47. The molecule has 1 amide bonds. The van der Waals surface area contributed by atoms with Crippen LogP contribution in [-0.2, 0) is 4.79 Å². The first kappa shape index (κ1) is 13.4. The van der Waals surface area contributed by atoms with Crippen LogP contribution >= 0.6 is 0 Å². The molecule has 0 saturated carbocycles. The van der Waals surface area contributed by atoms with Crippen LogP contribution in [0.4, 0.5) is 11.5 Å². The van der Waals surface area contributed by atoms with Crippen molar-refractivity contribution < 1.29 is 9.90 Å². The topological polar surface area (TPSA) is 74.2 Å². The number of aromatic nitrogens is 1. The fraction of sp³-hybridized carbons (Fsp3) is 0.500. The lowest BCUT2D eigenvalue weighted by Gasteiger charge is -2.08. The first-order chi connectivity index (χ1) is 8.11. The number of carbonyl (C=O) groups excluding carboxylic acids is 1. The molecule has 1 aromatic rings. The standard InChI is InChI=1S/C12H19N3O2/c1-3-4-12(17)15-10-5-6-11(14-8-10)13-7-9(2)16/h5-6,8-9,16H,3-4,7H2,1-2H3,(H,13,14)(H,15,17). The zero-order valence-corrected chi connectivity index (χ0v) is 10.2. The number of nitrogens with one attached hydrogen (secondary N) is 2. The van der Waals surface area contributed by atoms with Crippen molar-refractivity contribution in [3.63, 3.8) is 0 Å². The van der Waals surface area contributed by atoms with Gasteiger partial charge < -0.3 is 15.7 Å². The molecular weight excluding hydrogens is 218 g/mol. The third-order valence-corrected chi connectivity index (χ3v) is 2.10. The highest BCUT2D eigenvalue weighted by atomic mass is 16.3. The van der Waals surface area contributed by atoms with E-state index in [-0.39, 0.29) is 5.91 Å². The van der Waals surface area contributed by atoms with Crippen LogP contribution in [0.1, 0.15) is 26.7 Å². The second kappa shape index (κ2) is 6.85. The third-order valence-electron chi connectivity index (χ3n) is 2.10. The predicted molar refractivity (Wildman–Crippen MR) is 67.9 cm³/mol. The predicted octanol–water partition coefficient (Wildman–Crippen LogP) is 1.61. The van der Waals surface area contributed by atoms with E-state index in [1.54, 1.807) is 25.3 Å². The Morgan fingerprint density at radius 3 is 2.82 bits per heavy atom. The van der Waals surface area contributed by atoms with E-state index in [0.717, 1.165) is 6.42 Å². The smallest absolute Gasteiger partial charge is 0.224 e. The van der Waals surface area contributed by atoms with E-state index in [2.05, 4.69) is 15.6 Å². The summed E-state index contributed by atoms with van der Waals surface area (Å²) in [6.07, 6.45) is 2.52. The third kappa shape index (κ3) is 5.31. The number of aliphatic hydroxyl groups is 1. The van der Waals surface area contributed by atoms with E-state index < -0.39 is 6.10 Å². The van der Waals surface area contributed by atoms with Gasteiger partial charge >= 0.3 is 0 Å². The van der Waals surface area contributed by atoms with Gasteiger partial charge in [0.2, 0.25) is 5.91 Å². The van der Waals surface area contributed by atoms with Crippen molar-refractivity contribution in [3.05, 3.63) is 18.3 Å². The highest BCUT2D eigenvalue weighted by Gasteiger charge is 2.01. The zero-order valence-electron chi connectivity index (χ0n) is 10.2. The Hall–Kier alpha value is -1.62. The van der Waals surface area contributed by atoms with Gasteiger partial charge in [0.05, 0.1) is 18.0 Å². The van der Waals surface area contributed by atoms with Crippen LogP contribution in [0.5, 0.6) is 0 Å². The Labute approximate surface area is 101 Å². The van der Waals surface area contributed by atoms with Crippen LogP contribution in [0.3, 0.4) is 0 Å². The molecule has 1 unspecified atom stereocenters. The molecule has 1 atom stereocenters. The van der Waals surface area contributed by atoms with Crippen molar-refractivity contribution in [2.24, 2.45) is 0 Å². The number of hydrogen-bond donors (Lipinski definition) is 3. The fourth-order valence-electron chi connectivity index (χ4n) is 1.28. The molecule has 1 rings (SSSR count). The molecule has 0 aliphatic heterocycles. The minimum absolute atomic E-state index is 0.000936. The summed E-state index contributed by atoms with van der Waals surface area (Å²) in [7, 11) is 0. The molecule has 5 nitrogen and oxygen atoms in total. The molecule has 1 aromatic heterocycles. The first-order valence-corrected chi connectivity index (χ1v) is 5.79. The normalized spacial score (nSPS) is 11.9. The van der Waals surface area contributed by atoms with Gasteiger partial charge in [-0.25, -0.2) is 4.98 Å². The zero-order chi connectivity index (χ0) is 12.7. The van der Waals surface area contributed by atoms with Crippen LogP contribution in [0.2, 0.25) is 0 Å². The second-order valence-electron chi connectivity index (χ2n) is 3.96. The van der Waals surface area contributed by atoms with Crippen molar-refractivity contribution in [1.82, 2.24) is 4.98 Å². The average molecular weight is 237 g/mol. The number of hydrogen-bond acceptors (Lipinski definition) is 4. The van der Waals surface area contributed by atoms with Gasteiger partial charge in [0.25, 0.3) is 0 Å². The van der Waals surface area contributed by atoms with E-state index >= 15 is 0 Å². The van der Waals surface area contributed by atoms with Gasteiger partial charge in [0.15, 0.2) is 0 Å². The van der Waals surface area contributed by atoms with Gasteiger partial charge in [0, 0.05) is 13.0 Å². The lowest BCUT2D eigenvalue weighted by molar-refractivity contribution is -0.116. The lowest BCUT2D eigenvalue weighted by atomic mass is 10.3. The first-order valence-electron chi connectivity index (χ1n) is 5.79. The molecule has 3 N–H and O–H groups in total. The number of rotatable bonds is 6. The van der Waals surface area contributed by atoms with Gasteiger partial charge in [-0.3, -0.25) is 4.79 Å². The summed E-state index contributed by atoms with van der Waals surface area (Å²) in [6.45, 7) is 4.11. The molecule has 94 valence electrons. The van der Waals surface area contributed by atoms with E-state index in [9.17, 15) is 4.79 Å². The maximum atomic E-state index is 11.3. The summed E-state index contributed by atoms with van der Waals surface area (Å²) >= 11 is 0. The van der Waals surface area contributed by atoms with E-state index in [1.807, 2.05) is 6.92 Å². The van der Waals surface area contributed by atoms with Gasteiger partial charge in [-0.1, -0.05) is 6.92 Å². The lowest BCUT2D eigenvalue weighted by Crippen LogP contribution is -2.16. The van der Waals surface area contributed by atoms with E-state index in [0.29, 0.717) is 24.5 Å². The van der Waals surface area contributed by atoms with Gasteiger partial charge in [-0.05, 0) is 25.5 Å². The van der Waals surface area contributed by atoms with Crippen molar-refractivity contribution >= 4 is 17.4 Å². The van der Waals surface area contributed by atoms with Crippen molar-refractivity contribution in [1.29, 1.82) is 0 Å². The monoisotopic (exact) mass is 237 g/mol. The highest BCUT2D eigenvalue weighted by molar-refractivity contribution is 5.90. The maximum Gasteiger partial charge on any atom is 0.224 e. The molecule has 1 heterocycles. The van der Waals surface area contributed by atoms with E-state index in [4.69, 9.17) is 5.11 Å². The van der Waals surface area contributed by atoms with Gasteiger partial charge in [-0.15, -0.1) is 0 Å². The molecule has 0 radical (unpaired) electrons. The minimum atomic E-state index is -0.416. The van der Waals surface area contributed by atoms with Crippen LogP contribution < -0.4 is 10.6 Å². The van der Waals surface area contributed by atoms with Gasteiger partial charge in [-0.2, -0.15) is 0 Å². The molecule has 0 aromatic carbocycles. The molecular formula is C12H19N3O2. The Morgan fingerprint density at radius 2 is 2.29 bits per heavy atom. The van der Waals surface area contributed by atoms with Crippen LogP contribution in [0.15, 0.2) is 18.3 Å². The number of amides is 1. The number of pyridine rings is 1. The van der Waals surface area contributed by atoms with Crippen molar-refractivity contribution in [2.45, 2.75) is 32.8 Å². The Kier molecular flexibility index (Phi) is 5.42. The average Bonchev–Trinajstić information content (AvgIpc) is 2.28. The highest BCUT2D eigenvalue weighted by Crippen LogP contribution is 2.10. The summed E-state index contributed by atoms with van der Waals surface area (Å²) in [4.78, 5) is 15.5. The molecule has 5 heteroatoms. The van der Waals surface area contributed by atoms with Crippen molar-refractivity contribution in [3.8, 4) is 0 Å². The summed E-state index contributed by atoms with van der Waals surface area (Å²) in [6, 6.07) is 3.55.